The van der Waals surface area contributed by atoms with Gasteiger partial charge in [0, 0.05) is 13.0 Å². The maximum Gasteiger partial charge on any atom is 0.220 e. The van der Waals surface area contributed by atoms with Gasteiger partial charge in [0.2, 0.25) is 5.91 Å². The molecule has 142 valence electrons. The Balaban J connectivity index is 1.73. The summed E-state index contributed by atoms with van der Waals surface area (Å²) in [6, 6.07) is 0. The molecule has 0 saturated heterocycles. The van der Waals surface area contributed by atoms with E-state index in [1.807, 2.05) is 0 Å². The van der Waals surface area contributed by atoms with Crippen molar-refractivity contribution in [3.05, 3.63) is 0 Å². The minimum Gasteiger partial charge on any atom is -0.356 e. The first kappa shape index (κ1) is 21.5. The van der Waals surface area contributed by atoms with E-state index in [1.54, 1.807) is 0 Å². The first-order valence-corrected chi connectivity index (χ1v) is 11.1. The topological polar surface area (TPSA) is 29.1 Å². The van der Waals surface area contributed by atoms with E-state index in [1.165, 1.54) is 96.3 Å². The number of amides is 1. The van der Waals surface area contributed by atoms with Crippen LogP contribution in [-0.4, -0.2) is 12.5 Å². The fourth-order valence-electron chi connectivity index (χ4n) is 3.92. The fourth-order valence-corrected chi connectivity index (χ4v) is 3.92. The largest absolute Gasteiger partial charge is 0.356 e. The van der Waals surface area contributed by atoms with Crippen molar-refractivity contribution < 1.29 is 4.79 Å². The standard InChI is InChI=1S/C22H43NO/c1-2-3-4-5-6-7-8-9-10-11-12-15-20-23-22(24)19-18-21-16-13-14-17-21/h21H,2-20H2,1H3,(H,23,24). The van der Waals surface area contributed by atoms with E-state index in [9.17, 15) is 4.79 Å². The molecule has 24 heavy (non-hydrogen) atoms. The average Bonchev–Trinajstić information content (AvgIpc) is 3.10. The molecule has 0 atom stereocenters. The Morgan fingerprint density at radius 1 is 0.792 bits per heavy atom. The molecule has 2 heteroatoms. The van der Waals surface area contributed by atoms with Gasteiger partial charge in [0.05, 0.1) is 0 Å². The zero-order chi connectivity index (χ0) is 17.3. The van der Waals surface area contributed by atoms with E-state index < -0.39 is 0 Å². The van der Waals surface area contributed by atoms with Crippen LogP contribution >= 0.6 is 0 Å². The second-order valence-electron chi connectivity index (χ2n) is 7.93. The molecule has 0 spiro atoms. The van der Waals surface area contributed by atoms with Crippen molar-refractivity contribution in [1.82, 2.24) is 5.32 Å². The molecule has 0 bridgehead atoms. The Bertz CT molecular complexity index is 284. The van der Waals surface area contributed by atoms with Gasteiger partial charge in [-0.3, -0.25) is 4.79 Å². The minimum atomic E-state index is 0.282. The Hall–Kier alpha value is -0.530. The van der Waals surface area contributed by atoms with Crippen LogP contribution in [0, 0.1) is 5.92 Å². The van der Waals surface area contributed by atoms with Gasteiger partial charge in [-0.25, -0.2) is 0 Å². The number of unbranched alkanes of at least 4 members (excludes halogenated alkanes) is 11. The van der Waals surface area contributed by atoms with Gasteiger partial charge in [-0.15, -0.1) is 0 Å². The summed E-state index contributed by atoms with van der Waals surface area (Å²) >= 11 is 0. The second-order valence-corrected chi connectivity index (χ2v) is 7.93. The molecule has 1 N–H and O–H groups in total. The summed E-state index contributed by atoms with van der Waals surface area (Å²) in [5, 5.41) is 3.10. The zero-order valence-electron chi connectivity index (χ0n) is 16.4. The van der Waals surface area contributed by atoms with Gasteiger partial charge in [0.1, 0.15) is 0 Å². The van der Waals surface area contributed by atoms with Crippen molar-refractivity contribution in [2.75, 3.05) is 6.54 Å². The van der Waals surface area contributed by atoms with Crippen molar-refractivity contribution in [3.63, 3.8) is 0 Å². The van der Waals surface area contributed by atoms with Crippen molar-refractivity contribution in [2.45, 2.75) is 122 Å². The number of rotatable bonds is 16. The third-order valence-electron chi connectivity index (χ3n) is 5.61. The number of hydrogen-bond donors (Lipinski definition) is 1. The highest BCUT2D eigenvalue weighted by atomic mass is 16.1. The lowest BCUT2D eigenvalue weighted by Crippen LogP contribution is -2.24. The summed E-state index contributed by atoms with van der Waals surface area (Å²) in [5.41, 5.74) is 0. The summed E-state index contributed by atoms with van der Waals surface area (Å²) < 4.78 is 0. The number of hydrogen-bond acceptors (Lipinski definition) is 1. The van der Waals surface area contributed by atoms with Gasteiger partial charge in [0.15, 0.2) is 0 Å². The molecule has 2 nitrogen and oxygen atoms in total. The predicted molar refractivity (Wildman–Crippen MR) is 105 cm³/mol. The van der Waals surface area contributed by atoms with E-state index in [0.717, 1.165) is 31.7 Å². The van der Waals surface area contributed by atoms with Gasteiger partial charge in [-0.2, -0.15) is 0 Å². The Morgan fingerprint density at radius 3 is 1.83 bits per heavy atom. The minimum absolute atomic E-state index is 0.282. The molecular formula is C22H43NO. The molecule has 0 aromatic rings. The van der Waals surface area contributed by atoms with Crippen molar-refractivity contribution >= 4 is 5.91 Å². The van der Waals surface area contributed by atoms with Gasteiger partial charge in [-0.1, -0.05) is 103 Å². The van der Waals surface area contributed by atoms with Crippen LogP contribution in [0.4, 0.5) is 0 Å². The molecule has 0 unspecified atom stereocenters. The highest BCUT2D eigenvalue weighted by Gasteiger charge is 2.15. The molecule has 1 amide bonds. The van der Waals surface area contributed by atoms with Crippen molar-refractivity contribution in [3.8, 4) is 0 Å². The van der Waals surface area contributed by atoms with Crippen LogP contribution in [0.5, 0.6) is 0 Å². The summed E-state index contributed by atoms with van der Waals surface area (Å²) in [4.78, 5) is 11.8. The Labute approximate surface area is 151 Å². The van der Waals surface area contributed by atoms with Gasteiger partial charge < -0.3 is 5.32 Å². The SMILES string of the molecule is CCCCCCCCCCCCCCNC(=O)CCC1CCCC1. The number of nitrogens with one attached hydrogen (secondary N) is 1. The molecule has 1 rings (SSSR count). The third-order valence-corrected chi connectivity index (χ3v) is 5.61. The maximum atomic E-state index is 11.8. The molecule has 0 heterocycles. The highest BCUT2D eigenvalue weighted by molar-refractivity contribution is 5.75. The molecule has 0 aliphatic heterocycles. The van der Waals surface area contributed by atoms with Crippen LogP contribution in [0.15, 0.2) is 0 Å². The zero-order valence-corrected chi connectivity index (χ0v) is 16.4. The Morgan fingerprint density at radius 2 is 1.29 bits per heavy atom. The smallest absolute Gasteiger partial charge is 0.220 e. The fraction of sp³-hybridized carbons (Fsp3) is 0.955. The van der Waals surface area contributed by atoms with Gasteiger partial charge in [-0.05, 0) is 18.8 Å². The molecule has 0 radical (unpaired) electrons. The lowest BCUT2D eigenvalue weighted by atomic mass is 10.0. The summed E-state index contributed by atoms with van der Waals surface area (Å²) in [6.45, 7) is 3.17. The van der Waals surface area contributed by atoms with Crippen LogP contribution in [0.25, 0.3) is 0 Å². The van der Waals surface area contributed by atoms with Gasteiger partial charge in [0.25, 0.3) is 0 Å². The second kappa shape index (κ2) is 16.0. The monoisotopic (exact) mass is 337 g/mol. The van der Waals surface area contributed by atoms with E-state index in [0.29, 0.717) is 0 Å². The molecule has 1 aliphatic carbocycles. The van der Waals surface area contributed by atoms with E-state index in [4.69, 9.17) is 0 Å². The summed E-state index contributed by atoms with van der Waals surface area (Å²) in [6.07, 6.45) is 23.8. The van der Waals surface area contributed by atoms with Crippen LogP contribution in [0.1, 0.15) is 122 Å². The van der Waals surface area contributed by atoms with Crippen molar-refractivity contribution in [2.24, 2.45) is 5.92 Å². The number of carbonyl (C=O) groups is 1. The highest BCUT2D eigenvalue weighted by Crippen LogP contribution is 2.28. The molecule has 1 saturated carbocycles. The van der Waals surface area contributed by atoms with E-state index >= 15 is 0 Å². The Kier molecular flexibility index (Phi) is 14.3. The predicted octanol–water partition coefficient (Wildman–Crippen LogP) is 6.77. The maximum absolute atomic E-state index is 11.8. The van der Waals surface area contributed by atoms with E-state index in [2.05, 4.69) is 12.2 Å². The lowest BCUT2D eigenvalue weighted by molar-refractivity contribution is -0.121. The van der Waals surface area contributed by atoms with Crippen LogP contribution in [-0.2, 0) is 4.79 Å². The molecule has 1 aliphatic rings. The normalized spacial score (nSPS) is 15.0. The summed E-state index contributed by atoms with van der Waals surface area (Å²) in [7, 11) is 0. The average molecular weight is 338 g/mol. The van der Waals surface area contributed by atoms with Crippen LogP contribution in [0.2, 0.25) is 0 Å². The molecule has 0 aromatic heterocycles. The van der Waals surface area contributed by atoms with Crippen LogP contribution < -0.4 is 5.32 Å². The molecular weight excluding hydrogens is 294 g/mol. The number of carbonyl (C=O) groups excluding carboxylic acids is 1. The molecule has 1 fully saturated rings. The quantitative estimate of drug-likeness (QED) is 0.309. The first-order valence-electron chi connectivity index (χ1n) is 11.1. The van der Waals surface area contributed by atoms with Crippen LogP contribution in [0.3, 0.4) is 0 Å². The summed E-state index contributed by atoms with van der Waals surface area (Å²) in [5.74, 6) is 1.12. The van der Waals surface area contributed by atoms with Gasteiger partial charge >= 0.3 is 0 Å². The first-order chi connectivity index (χ1) is 11.8. The van der Waals surface area contributed by atoms with E-state index in [-0.39, 0.29) is 5.91 Å². The lowest BCUT2D eigenvalue weighted by Gasteiger charge is -2.09. The molecule has 0 aromatic carbocycles. The third kappa shape index (κ3) is 12.8. The van der Waals surface area contributed by atoms with Crippen molar-refractivity contribution in [1.29, 1.82) is 0 Å².